The third kappa shape index (κ3) is 5.76. The number of ether oxygens (including phenoxy) is 1. The molecule has 1 rings (SSSR count). The van der Waals surface area contributed by atoms with Gasteiger partial charge in [-0.1, -0.05) is 0 Å². The molecule has 1 heterocycles. The zero-order valence-corrected chi connectivity index (χ0v) is 11.0. The van der Waals surface area contributed by atoms with Crippen molar-refractivity contribution in [2.75, 3.05) is 40.4 Å². The van der Waals surface area contributed by atoms with Crippen LogP contribution in [0.25, 0.3) is 0 Å². The zero-order chi connectivity index (χ0) is 12.5. The van der Waals surface area contributed by atoms with Crippen molar-refractivity contribution in [1.82, 2.24) is 25.0 Å². The van der Waals surface area contributed by atoms with Crippen LogP contribution < -0.4 is 5.32 Å². The Morgan fingerprint density at radius 2 is 2.24 bits per heavy atom. The Morgan fingerprint density at radius 1 is 1.41 bits per heavy atom. The van der Waals surface area contributed by atoms with Crippen LogP contribution in [0, 0.1) is 0 Å². The number of nitrogens with zero attached hydrogens (tertiary/aromatic N) is 4. The van der Waals surface area contributed by atoms with Crippen molar-refractivity contribution >= 4 is 0 Å². The molecule has 0 aliphatic heterocycles. The Morgan fingerprint density at radius 3 is 2.94 bits per heavy atom. The van der Waals surface area contributed by atoms with E-state index in [4.69, 9.17) is 4.74 Å². The summed E-state index contributed by atoms with van der Waals surface area (Å²) >= 11 is 0. The number of hydrogen-bond donors (Lipinski definition) is 1. The van der Waals surface area contributed by atoms with Crippen molar-refractivity contribution < 1.29 is 4.74 Å². The molecule has 0 aliphatic carbocycles. The predicted octanol–water partition coefficient (Wildman–Crippen LogP) is -0.0342. The molecule has 0 saturated heterocycles. The Bertz CT molecular complexity index is 300. The summed E-state index contributed by atoms with van der Waals surface area (Å²) in [4.78, 5) is 6.29. The monoisotopic (exact) mass is 241 g/mol. The van der Waals surface area contributed by atoms with E-state index in [0.717, 1.165) is 45.2 Å². The van der Waals surface area contributed by atoms with Gasteiger partial charge in [0, 0.05) is 19.6 Å². The summed E-state index contributed by atoms with van der Waals surface area (Å²) in [5, 5.41) is 7.40. The highest BCUT2D eigenvalue weighted by atomic mass is 16.5. The van der Waals surface area contributed by atoms with Gasteiger partial charge in [-0.2, -0.15) is 5.10 Å². The van der Waals surface area contributed by atoms with Gasteiger partial charge in [-0.05, 0) is 21.0 Å². The Labute approximate surface area is 103 Å². The summed E-state index contributed by atoms with van der Waals surface area (Å²) in [6.45, 7) is 6.96. The topological polar surface area (TPSA) is 55.2 Å². The van der Waals surface area contributed by atoms with Crippen molar-refractivity contribution in [3.63, 3.8) is 0 Å². The number of nitrogens with one attached hydrogen (secondary N) is 1. The average molecular weight is 241 g/mol. The quantitative estimate of drug-likeness (QED) is 0.615. The molecule has 0 aliphatic rings. The van der Waals surface area contributed by atoms with Gasteiger partial charge in [0.2, 0.25) is 0 Å². The van der Waals surface area contributed by atoms with Gasteiger partial charge in [-0.3, -0.25) is 0 Å². The number of aromatic nitrogens is 3. The first kappa shape index (κ1) is 14.1. The summed E-state index contributed by atoms with van der Waals surface area (Å²) < 4.78 is 7.36. The van der Waals surface area contributed by atoms with E-state index in [-0.39, 0.29) is 0 Å². The van der Waals surface area contributed by atoms with Crippen LogP contribution in [0.15, 0.2) is 6.33 Å². The minimum atomic E-state index is 0.730. The lowest BCUT2D eigenvalue weighted by Gasteiger charge is -2.10. The van der Waals surface area contributed by atoms with Gasteiger partial charge in [-0.25, -0.2) is 9.67 Å². The minimum absolute atomic E-state index is 0.730. The predicted molar refractivity (Wildman–Crippen MR) is 66.8 cm³/mol. The molecule has 0 spiro atoms. The maximum absolute atomic E-state index is 5.47. The van der Waals surface area contributed by atoms with Gasteiger partial charge in [0.05, 0.1) is 19.8 Å². The normalized spacial score (nSPS) is 11.3. The molecule has 0 unspecified atom stereocenters. The standard InChI is InChI=1S/C11H23N5O/c1-4-16-11(13-10-14-16)9-12-5-7-17-8-6-15(2)3/h10,12H,4-9H2,1-3H3. The zero-order valence-electron chi connectivity index (χ0n) is 11.0. The maximum atomic E-state index is 5.47. The summed E-state index contributed by atoms with van der Waals surface area (Å²) in [5.41, 5.74) is 0. The first-order valence-corrected chi connectivity index (χ1v) is 6.04. The van der Waals surface area contributed by atoms with Crippen molar-refractivity contribution in [2.45, 2.75) is 20.0 Å². The van der Waals surface area contributed by atoms with Crippen LogP contribution in [0.4, 0.5) is 0 Å². The number of rotatable bonds is 9. The molecule has 0 saturated carbocycles. The van der Waals surface area contributed by atoms with Gasteiger partial charge in [0.25, 0.3) is 0 Å². The van der Waals surface area contributed by atoms with Crippen molar-refractivity contribution in [2.24, 2.45) is 0 Å². The second kappa shape index (κ2) is 8.16. The molecule has 6 nitrogen and oxygen atoms in total. The van der Waals surface area contributed by atoms with Crippen LogP contribution in [0.2, 0.25) is 0 Å². The van der Waals surface area contributed by atoms with Gasteiger partial charge in [0.15, 0.2) is 0 Å². The van der Waals surface area contributed by atoms with Crippen LogP contribution >= 0.6 is 0 Å². The summed E-state index contributed by atoms with van der Waals surface area (Å²) in [7, 11) is 4.08. The third-order valence-corrected chi connectivity index (χ3v) is 2.38. The van der Waals surface area contributed by atoms with E-state index >= 15 is 0 Å². The van der Waals surface area contributed by atoms with Crippen LogP contribution in [0.5, 0.6) is 0 Å². The first-order chi connectivity index (χ1) is 8.24. The molecule has 0 fully saturated rings. The Balaban J connectivity index is 2.01. The van der Waals surface area contributed by atoms with Gasteiger partial charge in [0.1, 0.15) is 12.2 Å². The van der Waals surface area contributed by atoms with E-state index in [0.29, 0.717) is 0 Å². The second-order valence-electron chi connectivity index (χ2n) is 4.08. The molecule has 0 aromatic carbocycles. The molecule has 1 N–H and O–H groups in total. The Hall–Kier alpha value is -0.980. The van der Waals surface area contributed by atoms with E-state index in [1.807, 2.05) is 18.8 Å². The fourth-order valence-electron chi connectivity index (χ4n) is 1.38. The molecule has 1 aromatic heterocycles. The van der Waals surface area contributed by atoms with Crippen molar-refractivity contribution in [3.05, 3.63) is 12.2 Å². The van der Waals surface area contributed by atoms with Crippen LogP contribution in [-0.4, -0.2) is 60.1 Å². The molecule has 0 radical (unpaired) electrons. The minimum Gasteiger partial charge on any atom is -0.379 e. The molecule has 1 aromatic rings. The van der Waals surface area contributed by atoms with Crippen molar-refractivity contribution in [1.29, 1.82) is 0 Å². The fraction of sp³-hybridized carbons (Fsp3) is 0.818. The fourth-order valence-corrected chi connectivity index (χ4v) is 1.38. The highest BCUT2D eigenvalue weighted by Crippen LogP contribution is 1.92. The number of hydrogen-bond acceptors (Lipinski definition) is 5. The van der Waals surface area contributed by atoms with Gasteiger partial charge < -0.3 is 15.0 Å². The molecular formula is C11H23N5O. The average Bonchev–Trinajstić information content (AvgIpc) is 2.74. The van der Waals surface area contributed by atoms with E-state index in [2.05, 4.69) is 27.2 Å². The number of likely N-dealkylation sites (N-methyl/N-ethyl adjacent to an activating group) is 1. The summed E-state index contributed by atoms with van der Waals surface area (Å²) in [6, 6.07) is 0. The van der Waals surface area contributed by atoms with Gasteiger partial charge >= 0.3 is 0 Å². The molecule has 6 heteroatoms. The summed E-state index contributed by atoms with van der Waals surface area (Å²) in [6.07, 6.45) is 1.59. The van der Waals surface area contributed by atoms with E-state index in [1.165, 1.54) is 0 Å². The van der Waals surface area contributed by atoms with E-state index in [9.17, 15) is 0 Å². The molecule has 98 valence electrons. The van der Waals surface area contributed by atoms with E-state index < -0.39 is 0 Å². The smallest absolute Gasteiger partial charge is 0.140 e. The molecule has 0 atom stereocenters. The molecule has 17 heavy (non-hydrogen) atoms. The molecular weight excluding hydrogens is 218 g/mol. The second-order valence-corrected chi connectivity index (χ2v) is 4.08. The van der Waals surface area contributed by atoms with Crippen molar-refractivity contribution in [3.8, 4) is 0 Å². The van der Waals surface area contributed by atoms with Crippen LogP contribution in [-0.2, 0) is 17.8 Å². The summed E-state index contributed by atoms with van der Waals surface area (Å²) in [5.74, 6) is 0.973. The lowest BCUT2D eigenvalue weighted by Crippen LogP contribution is -2.24. The molecule has 0 bridgehead atoms. The van der Waals surface area contributed by atoms with E-state index in [1.54, 1.807) is 6.33 Å². The Kier molecular flexibility index (Phi) is 6.76. The van der Waals surface area contributed by atoms with Crippen LogP contribution in [0.3, 0.4) is 0 Å². The first-order valence-electron chi connectivity index (χ1n) is 6.04. The third-order valence-electron chi connectivity index (χ3n) is 2.38. The number of aryl methyl sites for hydroxylation is 1. The highest BCUT2D eigenvalue weighted by Gasteiger charge is 2.00. The lowest BCUT2D eigenvalue weighted by molar-refractivity contribution is 0.119. The molecule has 0 amide bonds. The highest BCUT2D eigenvalue weighted by molar-refractivity contribution is 4.83. The largest absolute Gasteiger partial charge is 0.379 e. The lowest BCUT2D eigenvalue weighted by atomic mass is 10.5. The maximum Gasteiger partial charge on any atom is 0.140 e. The SMILES string of the molecule is CCn1ncnc1CNCCOCCN(C)C. The van der Waals surface area contributed by atoms with Crippen LogP contribution in [0.1, 0.15) is 12.7 Å². The van der Waals surface area contributed by atoms with Gasteiger partial charge in [-0.15, -0.1) is 0 Å².